The maximum atomic E-state index is 12.8. The van der Waals surface area contributed by atoms with Crippen molar-refractivity contribution in [1.82, 2.24) is 20.4 Å². The van der Waals surface area contributed by atoms with Crippen molar-refractivity contribution >= 4 is 35.8 Å². The second-order valence-corrected chi connectivity index (χ2v) is 9.06. The number of amides is 1. The summed E-state index contributed by atoms with van der Waals surface area (Å²) in [5.74, 6) is 2.39. The average molecular weight is 520 g/mol. The number of carbonyl (C=O) groups excluding carboxylic acids is 1. The van der Waals surface area contributed by atoms with Gasteiger partial charge in [0.1, 0.15) is 0 Å². The molecule has 1 aliphatic carbocycles. The Balaban J connectivity index is 0.00000300. The maximum absolute atomic E-state index is 12.8. The van der Waals surface area contributed by atoms with Gasteiger partial charge in [0.05, 0.1) is 6.54 Å². The molecule has 2 unspecified atom stereocenters. The van der Waals surface area contributed by atoms with Crippen molar-refractivity contribution in [2.75, 3.05) is 45.8 Å². The number of likely N-dealkylation sites (tertiary alicyclic amines) is 2. The van der Waals surface area contributed by atoms with Crippen LogP contribution in [0, 0.1) is 11.8 Å². The molecule has 0 spiro atoms. The van der Waals surface area contributed by atoms with Crippen molar-refractivity contribution in [3.63, 3.8) is 0 Å². The number of nitrogens with zero attached hydrogens (tertiary/aromatic N) is 3. The predicted molar refractivity (Wildman–Crippen MR) is 131 cm³/mol. The molecule has 168 valence electrons. The highest BCUT2D eigenvalue weighted by molar-refractivity contribution is 14.0. The third-order valence-corrected chi connectivity index (χ3v) is 6.57. The maximum Gasteiger partial charge on any atom is 0.225 e. The van der Waals surface area contributed by atoms with E-state index in [1.165, 1.54) is 45.2 Å². The van der Waals surface area contributed by atoms with E-state index in [1.807, 2.05) is 0 Å². The largest absolute Gasteiger partial charge is 0.357 e. The van der Waals surface area contributed by atoms with Crippen LogP contribution < -0.4 is 10.6 Å². The predicted octanol–water partition coefficient (Wildman–Crippen LogP) is 3.07. The Hall–Kier alpha value is -0.570. The lowest BCUT2D eigenvalue weighted by molar-refractivity contribution is -0.135. The first-order valence-electron chi connectivity index (χ1n) is 11.7. The van der Waals surface area contributed by atoms with Gasteiger partial charge in [0.15, 0.2) is 5.96 Å². The number of piperidine rings is 1. The van der Waals surface area contributed by atoms with Gasteiger partial charge < -0.3 is 20.4 Å². The zero-order chi connectivity index (χ0) is 19.8. The minimum atomic E-state index is 0. The molecule has 0 aromatic rings. The summed E-state index contributed by atoms with van der Waals surface area (Å²) in [6, 6.07) is 0.320. The van der Waals surface area contributed by atoms with Crippen molar-refractivity contribution in [2.24, 2.45) is 16.8 Å². The van der Waals surface area contributed by atoms with Crippen molar-refractivity contribution in [2.45, 2.75) is 71.3 Å². The molecule has 3 rings (SSSR count). The van der Waals surface area contributed by atoms with Crippen LogP contribution in [0.3, 0.4) is 0 Å². The lowest BCUT2D eigenvalue weighted by Gasteiger charge is -2.30. The Bertz CT molecular complexity index is 523. The minimum absolute atomic E-state index is 0. The second kappa shape index (κ2) is 13.0. The molecule has 2 atom stereocenters. The highest BCUT2D eigenvalue weighted by Crippen LogP contribution is 2.26. The average Bonchev–Trinajstić information content (AvgIpc) is 3.17. The van der Waals surface area contributed by atoms with E-state index in [0.717, 1.165) is 63.9 Å². The summed E-state index contributed by atoms with van der Waals surface area (Å²) in [6.45, 7) is 11.3. The van der Waals surface area contributed by atoms with Gasteiger partial charge >= 0.3 is 0 Å². The van der Waals surface area contributed by atoms with E-state index in [9.17, 15) is 4.79 Å². The molecule has 2 N–H and O–H groups in total. The van der Waals surface area contributed by atoms with Crippen molar-refractivity contribution < 1.29 is 4.79 Å². The molecule has 29 heavy (non-hydrogen) atoms. The van der Waals surface area contributed by atoms with Crippen LogP contribution in [0.25, 0.3) is 0 Å². The van der Waals surface area contributed by atoms with Crippen molar-refractivity contribution in [3.05, 3.63) is 0 Å². The van der Waals surface area contributed by atoms with Crippen LogP contribution in [0.5, 0.6) is 0 Å². The van der Waals surface area contributed by atoms with E-state index >= 15 is 0 Å². The van der Waals surface area contributed by atoms with E-state index in [2.05, 4.69) is 34.3 Å². The molecule has 3 fully saturated rings. The fourth-order valence-electron chi connectivity index (χ4n) is 4.99. The van der Waals surface area contributed by atoms with Gasteiger partial charge in [-0.2, -0.15) is 0 Å². The van der Waals surface area contributed by atoms with Crippen molar-refractivity contribution in [1.29, 1.82) is 0 Å². The first-order valence-corrected chi connectivity index (χ1v) is 11.7. The molecule has 0 aromatic heterocycles. The van der Waals surface area contributed by atoms with E-state index in [-0.39, 0.29) is 29.9 Å². The van der Waals surface area contributed by atoms with Gasteiger partial charge in [0.25, 0.3) is 0 Å². The number of nitrogens with one attached hydrogen (secondary N) is 2. The molecular weight excluding hydrogens is 477 g/mol. The number of hydrogen-bond acceptors (Lipinski definition) is 3. The van der Waals surface area contributed by atoms with E-state index in [1.54, 1.807) is 0 Å². The number of guanidine groups is 1. The van der Waals surface area contributed by atoms with Gasteiger partial charge in [0, 0.05) is 44.7 Å². The van der Waals surface area contributed by atoms with Crippen molar-refractivity contribution in [3.8, 4) is 0 Å². The van der Waals surface area contributed by atoms with Crippen LogP contribution in [0.4, 0.5) is 0 Å². The summed E-state index contributed by atoms with van der Waals surface area (Å²) in [5, 5.41) is 6.96. The second-order valence-electron chi connectivity index (χ2n) is 9.06. The Morgan fingerprint density at radius 2 is 1.83 bits per heavy atom. The summed E-state index contributed by atoms with van der Waals surface area (Å²) in [6.07, 6.45) is 9.62. The summed E-state index contributed by atoms with van der Waals surface area (Å²) in [5.41, 5.74) is 0. The van der Waals surface area contributed by atoms with Crippen LogP contribution in [0.15, 0.2) is 4.99 Å². The molecule has 3 aliphatic rings. The Kier molecular flexibility index (Phi) is 11.0. The summed E-state index contributed by atoms with van der Waals surface area (Å²) >= 11 is 0. The monoisotopic (exact) mass is 519 g/mol. The molecule has 2 aliphatic heterocycles. The third-order valence-electron chi connectivity index (χ3n) is 6.57. The summed E-state index contributed by atoms with van der Waals surface area (Å²) < 4.78 is 0. The molecule has 0 bridgehead atoms. The Morgan fingerprint density at radius 1 is 1.03 bits per heavy atom. The molecule has 0 aromatic carbocycles. The highest BCUT2D eigenvalue weighted by atomic mass is 127. The Labute approximate surface area is 194 Å². The lowest BCUT2D eigenvalue weighted by atomic mass is 9.88. The fraction of sp³-hybridized carbons (Fsp3) is 0.909. The molecule has 1 saturated carbocycles. The van der Waals surface area contributed by atoms with Gasteiger partial charge in [-0.15, -0.1) is 24.0 Å². The zero-order valence-corrected chi connectivity index (χ0v) is 20.8. The normalized spacial score (nSPS) is 26.8. The highest BCUT2D eigenvalue weighted by Gasteiger charge is 2.31. The van der Waals surface area contributed by atoms with Crippen LogP contribution >= 0.6 is 24.0 Å². The van der Waals surface area contributed by atoms with Gasteiger partial charge in [-0.25, -0.2) is 0 Å². The molecular formula is C22H42IN5O. The van der Waals surface area contributed by atoms with Crippen LogP contribution in [0.1, 0.15) is 65.2 Å². The molecule has 1 amide bonds. The fourth-order valence-corrected chi connectivity index (χ4v) is 4.99. The van der Waals surface area contributed by atoms with Gasteiger partial charge in [-0.3, -0.25) is 9.79 Å². The van der Waals surface area contributed by atoms with Gasteiger partial charge in [0.2, 0.25) is 5.91 Å². The summed E-state index contributed by atoms with van der Waals surface area (Å²) in [7, 11) is 0. The number of halogens is 1. The van der Waals surface area contributed by atoms with E-state index in [0.29, 0.717) is 11.9 Å². The summed E-state index contributed by atoms with van der Waals surface area (Å²) in [4.78, 5) is 22.2. The Morgan fingerprint density at radius 3 is 2.55 bits per heavy atom. The van der Waals surface area contributed by atoms with Gasteiger partial charge in [-0.05, 0) is 51.5 Å². The molecule has 2 saturated heterocycles. The number of hydrogen-bond donors (Lipinski definition) is 2. The molecule has 2 heterocycles. The minimum Gasteiger partial charge on any atom is -0.357 e. The number of rotatable bonds is 6. The van der Waals surface area contributed by atoms with E-state index in [4.69, 9.17) is 4.99 Å². The lowest BCUT2D eigenvalue weighted by Crippen LogP contribution is -2.46. The van der Waals surface area contributed by atoms with Gasteiger partial charge in [-0.1, -0.05) is 26.2 Å². The smallest absolute Gasteiger partial charge is 0.225 e. The van der Waals surface area contributed by atoms with Crippen LogP contribution in [-0.2, 0) is 4.79 Å². The number of aliphatic imine (C=N–C) groups is 1. The SMILES string of the molecule is CCNC(=NCCN1CCCC(C)C1)NC1CCN(C(=O)C2CCCCC2)C1.I. The topological polar surface area (TPSA) is 60.0 Å². The quantitative estimate of drug-likeness (QED) is 0.322. The van der Waals surface area contributed by atoms with Crippen LogP contribution in [0.2, 0.25) is 0 Å². The molecule has 6 nitrogen and oxygen atoms in total. The number of carbonyl (C=O) groups is 1. The van der Waals surface area contributed by atoms with Crippen LogP contribution in [-0.4, -0.2) is 73.5 Å². The standard InChI is InChI=1S/C22H41N5O.HI/c1-3-23-22(24-12-15-26-13-7-8-18(2)16-26)25-20-11-14-27(17-20)21(28)19-9-5-4-6-10-19;/h18-20H,3-17H2,1-2H3,(H2,23,24,25);1H. The zero-order valence-electron chi connectivity index (χ0n) is 18.5. The molecule has 0 radical (unpaired) electrons. The first kappa shape index (κ1) is 24.7. The first-order chi connectivity index (χ1) is 13.7. The third kappa shape index (κ3) is 7.89. The molecule has 7 heteroatoms. The van der Waals surface area contributed by atoms with E-state index < -0.39 is 0 Å².